The monoisotopic (exact) mass is 629 g/mol. The highest BCUT2D eigenvalue weighted by Gasteiger charge is 2.35. The number of carbonyl (C=O) groups is 2. The zero-order valence-corrected chi connectivity index (χ0v) is 24.7. The average Bonchev–Trinajstić information content (AvgIpc) is 2.81. The molecule has 0 saturated carbocycles. The third-order valence-electron chi connectivity index (χ3n) is 5.65. The van der Waals surface area contributed by atoms with Crippen LogP contribution in [0.5, 0.6) is 0 Å². The van der Waals surface area contributed by atoms with Crippen LogP contribution in [-0.2, 0) is 32.3 Å². The van der Waals surface area contributed by atoms with E-state index >= 15 is 0 Å². The molecule has 0 heterocycles. The van der Waals surface area contributed by atoms with Crippen LogP contribution in [-0.4, -0.2) is 50.5 Å². The molecule has 1 atom stereocenters. The Balaban J connectivity index is 2.56. The minimum atomic E-state index is -4.79. The van der Waals surface area contributed by atoms with Crippen molar-refractivity contribution >= 4 is 62.3 Å². The van der Waals surface area contributed by atoms with Gasteiger partial charge in [0.1, 0.15) is 12.6 Å². The number of nitrogens with zero attached hydrogens (tertiary/aromatic N) is 2. The minimum absolute atomic E-state index is 0.116. The predicted octanol–water partition coefficient (Wildman–Crippen LogP) is 6.01. The van der Waals surface area contributed by atoms with Gasteiger partial charge in [0.25, 0.3) is 0 Å². The number of sulfonamides is 1. The molecule has 216 valence electrons. The van der Waals surface area contributed by atoms with E-state index in [0.717, 1.165) is 17.2 Å². The summed E-state index contributed by atoms with van der Waals surface area (Å²) in [5.74, 6) is -1.22. The lowest BCUT2D eigenvalue weighted by Gasteiger charge is -2.33. The summed E-state index contributed by atoms with van der Waals surface area (Å²) in [5.41, 5.74) is -1.25. The largest absolute Gasteiger partial charge is 0.416 e. The van der Waals surface area contributed by atoms with Gasteiger partial charge < -0.3 is 10.2 Å². The van der Waals surface area contributed by atoms with Crippen molar-refractivity contribution in [1.29, 1.82) is 0 Å². The molecule has 0 aliphatic carbocycles. The molecule has 1 N–H and O–H groups in total. The number of carbonyl (C=O) groups excluding carboxylic acids is 2. The van der Waals surface area contributed by atoms with E-state index in [4.69, 9.17) is 34.8 Å². The molecule has 0 fully saturated rings. The van der Waals surface area contributed by atoms with Crippen molar-refractivity contribution in [3.05, 3.63) is 62.6 Å². The fourth-order valence-electron chi connectivity index (χ4n) is 3.65. The maximum atomic E-state index is 13.7. The quantitative estimate of drug-likeness (QED) is 0.330. The second kappa shape index (κ2) is 13.4. The number of nitrogens with one attached hydrogen (secondary N) is 1. The lowest BCUT2D eigenvalue weighted by Crippen LogP contribution is -2.52. The Morgan fingerprint density at radius 2 is 1.67 bits per heavy atom. The number of halogens is 6. The molecule has 0 aliphatic rings. The first-order valence-corrected chi connectivity index (χ1v) is 14.8. The highest BCUT2D eigenvalue weighted by molar-refractivity contribution is 7.92. The van der Waals surface area contributed by atoms with Crippen LogP contribution in [0.4, 0.5) is 18.9 Å². The first-order valence-electron chi connectivity index (χ1n) is 11.8. The van der Waals surface area contributed by atoms with E-state index in [1.165, 1.54) is 12.1 Å². The van der Waals surface area contributed by atoms with Crippen molar-refractivity contribution in [3.63, 3.8) is 0 Å². The van der Waals surface area contributed by atoms with Crippen LogP contribution in [0.1, 0.15) is 38.3 Å². The van der Waals surface area contributed by atoms with Gasteiger partial charge in [0, 0.05) is 23.1 Å². The molecule has 2 aromatic rings. The third kappa shape index (κ3) is 9.16. The Hall–Kier alpha value is -2.21. The van der Waals surface area contributed by atoms with E-state index in [0.29, 0.717) is 33.6 Å². The van der Waals surface area contributed by atoms with Crippen molar-refractivity contribution in [2.24, 2.45) is 5.92 Å². The number of benzene rings is 2. The Morgan fingerprint density at radius 1 is 1.03 bits per heavy atom. The Kier molecular flexibility index (Phi) is 11.4. The van der Waals surface area contributed by atoms with Crippen molar-refractivity contribution in [2.75, 3.05) is 23.7 Å². The van der Waals surface area contributed by atoms with Crippen molar-refractivity contribution in [3.8, 4) is 0 Å². The van der Waals surface area contributed by atoms with E-state index in [1.54, 1.807) is 13.0 Å². The second-order valence-electron chi connectivity index (χ2n) is 9.25. The number of amides is 2. The summed E-state index contributed by atoms with van der Waals surface area (Å²) in [6.07, 6.45) is -3.89. The van der Waals surface area contributed by atoms with Gasteiger partial charge in [0.15, 0.2) is 0 Å². The molecule has 2 aromatic carbocycles. The molecule has 2 rings (SSSR count). The summed E-state index contributed by atoms with van der Waals surface area (Å²) in [7, 11) is -4.30. The fourth-order valence-corrected chi connectivity index (χ4v) is 5.24. The molecule has 7 nitrogen and oxygen atoms in total. The lowest BCUT2D eigenvalue weighted by atomic mass is 10.1. The number of anilines is 1. The van der Waals surface area contributed by atoms with Crippen LogP contribution < -0.4 is 9.62 Å². The molecule has 0 spiro atoms. The standard InChI is InChI=1S/C25H29Cl3F3N3O4S/c1-5-21(24(36)32-12-15(2)3)33(13-16-6-8-18(26)11-20(16)28)23(35)14-34(39(4,37)38)22-10-17(25(29,30)31)7-9-19(22)27/h6-11,15,21H,5,12-14H2,1-4H3,(H,32,36)/t21-/m1/s1. The summed E-state index contributed by atoms with van der Waals surface area (Å²) in [6.45, 7) is 4.66. The van der Waals surface area contributed by atoms with Crippen LogP contribution in [0, 0.1) is 5.92 Å². The molecule has 2 amide bonds. The van der Waals surface area contributed by atoms with Crippen LogP contribution in [0.2, 0.25) is 15.1 Å². The Morgan fingerprint density at radius 3 is 2.18 bits per heavy atom. The van der Waals surface area contributed by atoms with Gasteiger partial charge in [-0.2, -0.15) is 13.2 Å². The molecule has 0 bridgehead atoms. The molecule has 0 saturated heterocycles. The van der Waals surface area contributed by atoms with E-state index in [9.17, 15) is 31.2 Å². The van der Waals surface area contributed by atoms with E-state index in [2.05, 4.69) is 5.32 Å². The van der Waals surface area contributed by atoms with Gasteiger partial charge >= 0.3 is 6.18 Å². The maximum absolute atomic E-state index is 13.7. The zero-order chi connectivity index (χ0) is 29.7. The fraction of sp³-hybridized carbons (Fsp3) is 0.440. The molecule has 0 aromatic heterocycles. The van der Waals surface area contributed by atoms with Crippen molar-refractivity contribution < 1.29 is 31.2 Å². The van der Waals surface area contributed by atoms with E-state index in [1.807, 2.05) is 13.8 Å². The van der Waals surface area contributed by atoms with Gasteiger partial charge in [0.2, 0.25) is 21.8 Å². The van der Waals surface area contributed by atoms with Crippen LogP contribution in [0.3, 0.4) is 0 Å². The highest BCUT2D eigenvalue weighted by atomic mass is 35.5. The maximum Gasteiger partial charge on any atom is 0.416 e. The van der Waals surface area contributed by atoms with Gasteiger partial charge in [-0.15, -0.1) is 0 Å². The van der Waals surface area contributed by atoms with Crippen LogP contribution >= 0.6 is 34.8 Å². The topological polar surface area (TPSA) is 86.8 Å². The van der Waals surface area contributed by atoms with Crippen molar-refractivity contribution in [1.82, 2.24) is 10.2 Å². The normalized spacial score (nSPS) is 12.8. The number of hydrogen-bond acceptors (Lipinski definition) is 4. The first kappa shape index (κ1) is 33.0. The molecule has 0 aliphatic heterocycles. The minimum Gasteiger partial charge on any atom is -0.354 e. The Bertz CT molecular complexity index is 1310. The molecular weight excluding hydrogens is 602 g/mol. The smallest absolute Gasteiger partial charge is 0.354 e. The van der Waals surface area contributed by atoms with Gasteiger partial charge in [0.05, 0.1) is 22.5 Å². The molecule has 0 unspecified atom stereocenters. The zero-order valence-electron chi connectivity index (χ0n) is 21.7. The molecule has 14 heteroatoms. The van der Waals surface area contributed by atoms with E-state index < -0.39 is 51.9 Å². The third-order valence-corrected chi connectivity index (χ3v) is 7.68. The number of hydrogen-bond donors (Lipinski definition) is 1. The summed E-state index contributed by atoms with van der Waals surface area (Å²) in [5, 5.41) is 3.00. The molecule has 0 radical (unpaired) electrons. The summed E-state index contributed by atoms with van der Waals surface area (Å²) in [6, 6.07) is 5.67. The average molecular weight is 631 g/mol. The van der Waals surface area contributed by atoms with Crippen molar-refractivity contribution in [2.45, 2.75) is 46.0 Å². The summed E-state index contributed by atoms with van der Waals surface area (Å²) in [4.78, 5) is 27.9. The summed E-state index contributed by atoms with van der Waals surface area (Å²) >= 11 is 18.4. The van der Waals surface area contributed by atoms with E-state index in [-0.39, 0.29) is 28.9 Å². The lowest BCUT2D eigenvalue weighted by molar-refractivity contribution is -0.140. The molecular formula is C25H29Cl3F3N3O4S. The first-order chi connectivity index (χ1) is 17.9. The predicted molar refractivity (Wildman–Crippen MR) is 148 cm³/mol. The SMILES string of the molecule is CC[C@H](C(=O)NCC(C)C)N(Cc1ccc(Cl)cc1Cl)C(=O)CN(c1cc(C(F)(F)F)ccc1Cl)S(C)(=O)=O. The highest BCUT2D eigenvalue weighted by Crippen LogP contribution is 2.36. The van der Waals surface area contributed by atoms with Gasteiger partial charge in [-0.3, -0.25) is 13.9 Å². The van der Waals surface area contributed by atoms with Gasteiger partial charge in [-0.1, -0.05) is 61.6 Å². The number of rotatable bonds is 11. The second-order valence-corrected chi connectivity index (χ2v) is 12.4. The summed E-state index contributed by atoms with van der Waals surface area (Å²) < 4.78 is 66.0. The molecule has 39 heavy (non-hydrogen) atoms. The van der Waals surface area contributed by atoms with Gasteiger partial charge in [-0.25, -0.2) is 8.42 Å². The van der Waals surface area contributed by atoms with Gasteiger partial charge in [-0.05, 0) is 48.2 Å². The van der Waals surface area contributed by atoms with Crippen LogP contribution in [0.15, 0.2) is 36.4 Å². The van der Waals surface area contributed by atoms with Crippen LogP contribution in [0.25, 0.3) is 0 Å². The Labute approximate surface area is 241 Å². The number of alkyl halides is 3.